The van der Waals surface area contributed by atoms with Gasteiger partial charge >= 0.3 is 0 Å². The summed E-state index contributed by atoms with van der Waals surface area (Å²) in [5.74, 6) is -1.15. The maximum Gasteiger partial charge on any atom is 0.251 e. The van der Waals surface area contributed by atoms with E-state index in [4.69, 9.17) is 10.5 Å². The average Bonchev–Trinajstić information content (AvgIpc) is 3.26. The molecule has 0 saturated carbocycles. The molecule has 3 N–H and O–H groups in total. The van der Waals surface area contributed by atoms with Crippen molar-refractivity contribution in [2.75, 3.05) is 32.8 Å². The Hall–Kier alpha value is -2.45. The number of primary amides is 1. The van der Waals surface area contributed by atoms with Crippen molar-refractivity contribution in [3.05, 3.63) is 35.3 Å². The van der Waals surface area contributed by atoms with Crippen molar-refractivity contribution in [1.29, 1.82) is 0 Å². The molecule has 0 aliphatic carbocycles. The van der Waals surface area contributed by atoms with Crippen molar-refractivity contribution >= 4 is 22.6 Å². The summed E-state index contributed by atoms with van der Waals surface area (Å²) < 4.78 is 21.1. The molecule has 160 valence electrons. The summed E-state index contributed by atoms with van der Waals surface area (Å²) in [6.45, 7) is 9.34. The van der Waals surface area contributed by atoms with Gasteiger partial charge in [0.25, 0.3) is 5.91 Å². The van der Waals surface area contributed by atoms with E-state index in [0.29, 0.717) is 11.0 Å². The lowest BCUT2D eigenvalue weighted by atomic mass is 9.71. The van der Waals surface area contributed by atoms with E-state index in [-0.39, 0.29) is 16.4 Å². The van der Waals surface area contributed by atoms with Gasteiger partial charge in [-0.3, -0.25) is 4.79 Å². The van der Waals surface area contributed by atoms with E-state index >= 15 is 0 Å². The number of carbonyl (C=O) groups excluding carboxylic acids is 1. The third-order valence-corrected chi connectivity index (χ3v) is 7.14. The van der Waals surface area contributed by atoms with Gasteiger partial charge in [0.1, 0.15) is 17.0 Å². The number of nitrogens with one attached hydrogen (secondary N) is 1. The summed E-state index contributed by atoms with van der Waals surface area (Å²) in [5, 5.41) is 4.57. The Balaban J connectivity index is 1.50. The predicted octanol–water partition coefficient (Wildman–Crippen LogP) is 2.83. The highest BCUT2D eigenvalue weighted by Crippen LogP contribution is 2.42. The lowest BCUT2D eigenvalue weighted by Gasteiger charge is -2.46. The summed E-state index contributed by atoms with van der Waals surface area (Å²) in [6, 6.07) is 2.57. The minimum Gasteiger partial charge on any atom is -0.380 e. The number of imidazole rings is 1. The van der Waals surface area contributed by atoms with E-state index in [0.717, 1.165) is 63.3 Å². The maximum absolute atomic E-state index is 14.0. The monoisotopic (exact) mass is 413 g/mol. The van der Waals surface area contributed by atoms with Gasteiger partial charge in [-0.15, -0.1) is 0 Å². The Morgan fingerprint density at radius 3 is 2.67 bits per heavy atom. The highest BCUT2D eigenvalue weighted by Gasteiger charge is 2.41. The number of carbonyl (C=O) groups is 1. The van der Waals surface area contributed by atoms with Crippen molar-refractivity contribution in [3.63, 3.8) is 0 Å². The van der Waals surface area contributed by atoms with Crippen LogP contribution in [0.15, 0.2) is 18.3 Å². The fourth-order valence-electron chi connectivity index (χ4n) is 5.30. The lowest BCUT2D eigenvalue weighted by Crippen LogP contribution is -2.52. The van der Waals surface area contributed by atoms with Crippen LogP contribution >= 0.6 is 0 Å². The Kier molecular flexibility index (Phi) is 4.41. The summed E-state index contributed by atoms with van der Waals surface area (Å²) in [4.78, 5) is 17.8. The molecule has 7 nitrogen and oxygen atoms in total. The zero-order chi connectivity index (χ0) is 21.1. The van der Waals surface area contributed by atoms with Crippen LogP contribution in [0.4, 0.5) is 4.39 Å². The average molecular weight is 413 g/mol. The summed E-state index contributed by atoms with van der Waals surface area (Å²) in [5.41, 5.74) is 8.96. The van der Waals surface area contributed by atoms with Crippen molar-refractivity contribution in [2.45, 2.75) is 38.5 Å². The topological polar surface area (TPSA) is 88.7 Å². The number of piperidine rings is 1. The minimum atomic E-state index is -0.663. The maximum atomic E-state index is 14.0. The van der Waals surface area contributed by atoms with Gasteiger partial charge in [0, 0.05) is 22.9 Å². The molecule has 0 atom stereocenters. The molecule has 3 aromatic rings. The number of hydrogen-bond acceptors (Lipinski definition) is 4. The number of aromatic amines is 1. The third-order valence-electron chi connectivity index (χ3n) is 7.14. The number of amides is 1. The molecule has 2 saturated heterocycles. The van der Waals surface area contributed by atoms with Crippen LogP contribution < -0.4 is 5.73 Å². The fourth-order valence-corrected chi connectivity index (χ4v) is 5.30. The van der Waals surface area contributed by atoms with Crippen LogP contribution in [0.1, 0.15) is 49.0 Å². The Bertz CT molecular complexity index is 1120. The van der Waals surface area contributed by atoms with E-state index in [1.54, 1.807) is 4.52 Å². The molecule has 2 aromatic heterocycles. The third kappa shape index (κ3) is 2.93. The molecule has 0 radical (unpaired) electrons. The van der Waals surface area contributed by atoms with E-state index in [2.05, 4.69) is 28.8 Å². The van der Waals surface area contributed by atoms with Crippen molar-refractivity contribution in [1.82, 2.24) is 19.5 Å². The van der Waals surface area contributed by atoms with Crippen molar-refractivity contribution in [2.24, 2.45) is 11.1 Å². The standard InChI is InChI=1S/C22H28FN5O2/c1-3-22(4-6-27(7-5-22)11-21(2)12-30-13-21)16-10-25-28-18-15(19(24)29)8-14(23)9-17(18)26-20(16)28/h8-10,26H,3-7,11-13H2,1-2H3,(H2,24,29). The second-order valence-corrected chi connectivity index (χ2v) is 9.37. The van der Waals surface area contributed by atoms with Crippen LogP contribution in [0, 0.1) is 11.2 Å². The molecule has 4 heterocycles. The molecule has 0 spiro atoms. The largest absolute Gasteiger partial charge is 0.380 e. The van der Waals surface area contributed by atoms with Gasteiger partial charge in [-0.05, 0) is 44.5 Å². The number of halogens is 1. The molecule has 2 fully saturated rings. The molecular formula is C22H28FN5O2. The normalized spacial score (nSPS) is 21.2. The fraction of sp³-hybridized carbons (Fsp3) is 0.545. The van der Waals surface area contributed by atoms with E-state index in [1.807, 2.05) is 6.20 Å². The van der Waals surface area contributed by atoms with Gasteiger partial charge in [-0.2, -0.15) is 5.10 Å². The summed E-state index contributed by atoms with van der Waals surface area (Å²) in [7, 11) is 0. The SMILES string of the molecule is CCC1(c2cnn3c2[nH]c2cc(F)cc(C(N)=O)c23)CCN(CC2(C)COC2)CC1. The van der Waals surface area contributed by atoms with Crippen molar-refractivity contribution in [3.8, 4) is 0 Å². The number of aromatic nitrogens is 3. The van der Waals surface area contributed by atoms with Crippen LogP contribution in [0.25, 0.3) is 16.7 Å². The van der Waals surface area contributed by atoms with E-state index < -0.39 is 11.7 Å². The number of fused-ring (bicyclic) bond motifs is 3. The Morgan fingerprint density at radius 2 is 2.07 bits per heavy atom. The lowest BCUT2D eigenvalue weighted by molar-refractivity contribution is -0.117. The van der Waals surface area contributed by atoms with Crippen molar-refractivity contribution < 1.29 is 13.9 Å². The zero-order valence-electron chi connectivity index (χ0n) is 17.5. The first-order valence-corrected chi connectivity index (χ1v) is 10.6. The van der Waals surface area contributed by atoms with Gasteiger partial charge < -0.3 is 20.4 Å². The van der Waals surface area contributed by atoms with Crippen LogP contribution in [-0.4, -0.2) is 58.3 Å². The van der Waals surface area contributed by atoms with Crippen LogP contribution in [0.5, 0.6) is 0 Å². The molecule has 8 heteroatoms. The molecule has 1 aromatic carbocycles. The number of hydrogen-bond donors (Lipinski definition) is 2. The molecule has 2 aliphatic rings. The molecular weight excluding hydrogens is 385 g/mol. The Labute approximate surface area is 174 Å². The molecule has 0 unspecified atom stereocenters. The summed E-state index contributed by atoms with van der Waals surface area (Å²) >= 11 is 0. The summed E-state index contributed by atoms with van der Waals surface area (Å²) in [6.07, 6.45) is 4.97. The van der Waals surface area contributed by atoms with Crippen LogP contribution in [0.3, 0.4) is 0 Å². The number of nitrogens with two attached hydrogens (primary N) is 1. The number of rotatable bonds is 5. The number of likely N-dealkylation sites (tertiary alicyclic amines) is 1. The number of H-pyrrole nitrogens is 1. The van der Waals surface area contributed by atoms with Crippen LogP contribution in [-0.2, 0) is 10.2 Å². The first kappa shape index (κ1) is 19.5. The second kappa shape index (κ2) is 6.78. The van der Waals surface area contributed by atoms with E-state index in [1.165, 1.54) is 12.1 Å². The second-order valence-electron chi connectivity index (χ2n) is 9.37. The number of ether oxygens (including phenoxy) is 1. The van der Waals surface area contributed by atoms with E-state index in [9.17, 15) is 9.18 Å². The zero-order valence-corrected chi connectivity index (χ0v) is 17.5. The van der Waals surface area contributed by atoms with Gasteiger partial charge in [0.15, 0.2) is 0 Å². The quantitative estimate of drug-likeness (QED) is 0.673. The first-order valence-electron chi connectivity index (χ1n) is 10.6. The Morgan fingerprint density at radius 1 is 1.33 bits per heavy atom. The van der Waals surface area contributed by atoms with Gasteiger partial charge in [0.2, 0.25) is 0 Å². The molecule has 2 aliphatic heterocycles. The van der Waals surface area contributed by atoms with Crippen LogP contribution in [0.2, 0.25) is 0 Å². The predicted molar refractivity (Wildman–Crippen MR) is 112 cm³/mol. The number of nitrogens with zero attached hydrogens (tertiary/aromatic N) is 3. The highest BCUT2D eigenvalue weighted by molar-refractivity contribution is 6.05. The smallest absolute Gasteiger partial charge is 0.251 e. The van der Waals surface area contributed by atoms with Gasteiger partial charge in [-0.1, -0.05) is 13.8 Å². The highest BCUT2D eigenvalue weighted by atomic mass is 19.1. The molecule has 30 heavy (non-hydrogen) atoms. The molecule has 1 amide bonds. The minimum absolute atomic E-state index is 0.00156. The number of benzene rings is 1. The van der Waals surface area contributed by atoms with Gasteiger partial charge in [-0.25, -0.2) is 8.91 Å². The molecule has 0 bridgehead atoms. The first-order chi connectivity index (χ1) is 14.3. The van der Waals surface area contributed by atoms with Gasteiger partial charge in [0.05, 0.1) is 30.5 Å². The molecule has 5 rings (SSSR count).